The van der Waals surface area contributed by atoms with E-state index in [-0.39, 0.29) is 47.3 Å². The molecule has 278 valence electrons. The fourth-order valence-electron chi connectivity index (χ4n) is 8.46. The fraction of sp³-hybridized carbons (Fsp3) is 0.590. The molecule has 1 aromatic carbocycles. The van der Waals surface area contributed by atoms with Gasteiger partial charge in [-0.2, -0.15) is 0 Å². The van der Waals surface area contributed by atoms with Gasteiger partial charge in [-0.25, -0.2) is 4.98 Å². The Kier molecular flexibility index (Phi) is 11.3. The number of fused-ring (bicyclic) bond motifs is 1. The number of carbonyl (C=O) groups excluding carboxylic acids is 5. The Hall–Kier alpha value is -4.52. The summed E-state index contributed by atoms with van der Waals surface area (Å²) < 4.78 is 5.85. The summed E-state index contributed by atoms with van der Waals surface area (Å²) in [5.41, 5.74) is 2.76. The normalized spacial score (nSPS) is 24.5. The number of pyridine rings is 1. The summed E-state index contributed by atoms with van der Waals surface area (Å²) in [4.78, 5) is 73.1. The minimum Gasteiger partial charge on any atom is -0.492 e. The van der Waals surface area contributed by atoms with E-state index in [1.165, 1.54) is 0 Å². The third-order valence-electron chi connectivity index (χ3n) is 11.6. The van der Waals surface area contributed by atoms with Crippen molar-refractivity contribution in [2.24, 2.45) is 17.8 Å². The van der Waals surface area contributed by atoms with E-state index < -0.39 is 0 Å². The molecule has 0 spiro atoms. The van der Waals surface area contributed by atoms with Crippen LogP contribution in [0.25, 0.3) is 0 Å². The van der Waals surface area contributed by atoms with Crippen molar-refractivity contribution in [2.75, 3.05) is 69.2 Å². The number of ether oxygens (including phenoxy) is 1. The first-order valence-electron chi connectivity index (χ1n) is 19.2. The summed E-state index contributed by atoms with van der Waals surface area (Å²) in [7, 11) is 0. The lowest BCUT2D eigenvalue weighted by Crippen LogP contribution is -2.52. The van der Waals surface area contributed by atoms with Crippen LogP contribution in [0.4, 0.5) is 11.5 Å². The molecule has 5 heterocycles. The quantitative estimate of drug-likeness (QED) is 0.249. The van der Waals surface area contributed by atoms with E-state index in [0.717, 1.165) is 113 Å². The van der Waals surface area contributed by atoms with Crippen molar-refractivity contribution >= 4 is 41.0 Å². The Morgan fingerprint density at radius 2 is 1.56 bits per heavy atom. The SMILES string of the molecule is O=C1CCC(c2ccc(N3CCC(CN4CCN(C(=O)C5CCC(C(=O)NCCOc6ccc7c(c6)CCC(=O)N7)CC5)CC4)CC3)nc2)C(=O)N1. The summed E-state index contributed by atoms with van der Waals surface area (Å²) >= 11 is 0. The standard InChI is InChI=1S/C39H51N7O6/c47-35-11-6-29-23-31(7-9-33(29)42-35)52-22-15-40-37(49)27-1-3-28(4-2-27)39(51)46-20-18-44(19-21-46)25-26-13-16-45(17-14-26)34-10-5-30(24-41-34)32-8-12-36(48)43-38(32)50/h5,7,9-10,23-24,26-28,32H,1-4,6,8,11-22,25H2,(H,40,49)(H,42,47)(H,43,48,50). The van der Waals surface area contributed by atoms with Gasteiger partial charge in [0.1, 0.15) is 18.2 Å². The van der Waals surface area contributed by atoms with Gasteiger partial charge < -0.3 is 25.2 Å². The molecule has 4 fully saturated rings. The van der Waals surface area contributed by atoms with E-state index in [1.807, 2.05) is 35.2 Å². The lowest BCUT2D eigenvalue weighted by molar-refractivity contribution is -0.140. The molecule has 1 unspecified atom stereocenters. The molecule has 2 aromatic rings. The summed E-state index contributed by atoms with van der Waals surface area (Å²) in [6.45, 7) is 7.07. The largest absolute Gasteiger partial charge is 0.492 e. The molecular weight excluding hydrogens is 662 g/mol. The van der Waals surface area contributed by atoms with Gasteiger partial charge in [0.15, 0.2) is 0 Å². The number of nitrogens with one attached hydrogen (secondary N) is 3. The molecule has 3 N–H and O–H groups in total. The number of hydrogen-bond acceptors (Lipinski definition) is 9. The molecular formula is C39H51N7O6. The predicted molar refractivity (Wildman–Crippen MR) is 195 cm³/mol. The Balaban J connectivity index is 0.760. The van der Waals surface area contributed by atoms with Crippen molar-refractivity contribution in [2.45, 2.75) is 70.1 Å². The Labute approximate surface area is 305 Å². The number of hydrogen-bond donors (Lipinski definition) is 3. The molecule has 5 amide bonds. The zero-order valence-electron chi connectivity index (χ0n) is 29.9. The van der Waals surface area contributed by atoms with Gasteiger partial charge in [-0.05, 0) is 92.7 Å². The highest BCUT2D eigenvalue weighted by atomic mass is 16.5. The summed E-state index contributed by atoms with van der Waals surface area (Å²) in [6, 6.07) is 9.62. The van der Waals surface area contributed by atoms with Crippen LogP contribution in [0.2, 0.25) is 0 Å². The Morgan fingerprint density at radius 3 is 2.29 bits per heavy atom. The van der Waals surface area contributed by atoms with Crippen LogP contribution < -0.4 is 25.6 Å². The van der Waals surface area contributed by atoms with Crippen molar-refractivity contribution in [1.29, 1.82) is 0 Å². The van der Waals surface area contributed by atoms with Crippen molar-refractivity contribution < 1.29 is 28.7 Å². The van der Waals surface area contributed by atoms with Crippen LogP contribution in [-0.2, 0) is 30.4 Å². The van der Waals surface area contributed by atoms with E-state index in [4.69, 9.17) is 4.74 Å². The number of aromatic nitrogens is 1. The molecule has 7 rings (SSSR count). The predicted octanol–water partition coefficient (Wildman–Crippen LogP) is 2.85. The highest BCUT2D eigenvalue weighted by Gasteiger charge is 2.34. The maximum Gasteiger partial charge on any atom is 0.234 e. The average Bonchev–Trinajstić information content (AvgIpc) is 3.17. The first kappa shape index (κ1) is 35.9. The number of aryl methyl sites for hydroxylation is 1. The minimum atomic E-state index is -0.312. The second-order valence-electron chi connectivity index (χ2n) is 15.1. The molecule has 5 aliphatic rings. The number of benzene rings is 1. The lowest BCUT2D eigenvalue weighted by atomic mass is 9.81. The molecule has 3 saturated heterocycles. The number of anilines is 2. The third-order valence-corrected chi connectivity index (χ3v) is 11.6. The van der Waals surface area contributed by atoms with Crippen molar-refractivity contribution in [3.05, 3.63) is 47.7 Å². The third kappa shape index (κ3) is 8.74. The van der Waals surface area contributed by atoms with Crippen molar-refractivity contribution in [1.82, 2.24) is 25.4 Å². The zero-order chi connectivity index (χ0) is 36.0. The molecule has 13 nitrogen and oxygen atoms in total. The Bertz CT molecular complexity index is 1630. The van der Waals surface area contributed by atoms with Crippen molar-refractivity contribution in [3.8, 4) is 5.75 Å². The smallest absolute Gasteiger partial charge is 0.234 e. The van der Waals surface area contributed by atoms with Crippen LogP contribution >= 0.6 is 0 Å². The summed E-state index contributed by atoms with van der Waals surface area (Å²) in [5.74, 6) is 1.80. The maximum atomic E-state index is 13.4. The molecule has 1 saturated carbocycles. The van der Waals surface area contributed by atoms with E-state index in [9.17, 15) is 24.0 Å². The number of amides is 5. The first-order valence-corrected chi connectivity index (χ1v) is 19.2. The molecule has 0 radical (unpaired) electrons. The van der Waals surface area contributed by atoms with Gasteiger partial charge in [0.25, 0.3) is 0 Å². The summed E-state index contributed by atoms with van der Waals surface area (Å²) in [5, 5.41) is 8.31. The van der Waals surface area contributed by atoms with Crippen LogP contribution in [0.3, 0.4) is 0 Å². The van der Waals surface area contributed by atoms with E-state index in [2.05, 4.69) is 30.7 Å². The van der Waals surface area contributed by atoms with Gasteiger partial charge >= 0.3 is 0 Å². The highest BCUT2D eigenvalue weighted by molar-refractivity contribution is 6.01. The van der Waals surface area contributed by atoms with E-state index in [0.29, 0.717) is 44.8 Å². The number of rotatable bonds is 10. The van der Waals surface area contributed by atoms with Crippen LogP contribution in [-0.4, -0.2) is 103 Å². The van der Waals surface area contributed by atoms with Crippen LogP contribution in [0.1, 0.15) is 74.8 Å². The number of nitrogens with zero attached hydrogens (tertiary/aromatic N) is 4. The molecule has 1 aromatic heterocycles. The molecule has 1 aliphatic carbocycles. The van der Waals surface area contributed by atoms with Gasteiger partial charge in [-0.15, -0.1) is 0 Å². The minimum absolute atomic E-state index is 0.00347. The average molecular weight is 714 g/mol. The van der Waals surface area contributed by atoms with Crippen LogP contribution in [0.15, 0.2) is 36.5 Å². The van der Waals surface area contributed by atoms with E-state index >= 15 is 0 Å². The van der Waals surface area contributed by atoms with Crippen LogP contribution in [0.5, 0.6) is 5.75 Å². The van der Waals surface area contributed by atoms with Gasteiger partial charge in [-0.1, -0.05) is 6.07 Å². The van der Waals surface area contributed by atoms with Gasteiger partial charge in [0.2, 0.25) is 29.5 Å². The molecule has 13 heteroatoms. The molecule has 0 bridgehead atoms. The second kappa shape index (κ2) is 16.4. The van der Waals surface area contributed by atoms with Crippen molar-refractivity contribution in [3.63, 3.8) is 0 Å². The van der Waals surface area contributed by atoms with Gasteiger partial charge in [-0.3, -0.25) is 34.2 Å². The highest BCUT2D eigenvalue weighted by Crippen LogP contribution is 2.32. The Morgan fingerprint density at radius 1 is 0.808 bits per heavy atom. The van der Waals surface area contributed by atoms with Gasteiger partial charge in [0, 0.05) is 82.4 Å². The fourth-order valence-corrected chi connectivity index (χ4v) is 8.46. The number of imide groups is 1. The maximum absolute atomic E-state index is 13.4. The zero-order valence-corrected chi connectivity index (χ0v) is 29.9. The molecule has 52 heavy (non-hydrogen) atoms. The number of carbonyl (C=O) groups is 5. The van der Waals surface area contributed by atoms with Gasteiger partial charge in [0.05, 0.1) is 12.5 Å². The lowest BCUT2D eigenvalue weighted by Gasteiger charge is -2.40. The second-order valence-corrected chi connectivity index (χ2v) is 15.1. The van der Waals surface area contributed by atoms with E-state index in [1.54, 1.807) is 6.20 Å². The first-order chi connectivity index (χ1) is 25.3. The molecule has 4 aliphatic heterocycles. The number of piperazine rings is 1. The topological polar surface area (TPSA) is 153 Å². The van der Waals surface area contributed by atoms with Crippen LogP contribution in [0, 0.1) is 17.8 Å². The number of piperidine rings is 2. The molecule has 1 atom stereocenters. The monoisotopic (exact) mass is 713 g/mol. The summed E-state index contributed by atoms with van der Waals surface area (Å²) in [6.07, 6.45) is 9.02.